The molecule has 0 aliphatic heterocycles. The van der Waals surface area contributed by atoms with Crippen LogP contribution in [0.4, 0.5) is 0 Å². The van der Waals surface area contributed by atoms with E-state index in [-0.39, 0.29) is 0 Å². The smallest absolute Gasteiger partial charge is 0.113 e. The summed E-state index contributed by atoms with van der Waals surface area (Å²) in [7, 11) is 0. The fourth-order valence-corrected chi connectivity index (χ4v) is 2.10. The molecule has 2 nitrogen and oxygen atoms in total. The zero-order valence-corrected chi connectivity index (χ0v) is 9.02. The number of H-pyrrole nitrogens is 1. The highest BCUT2D eigenvalue weighted by Crippen LogP contribution is 2.32. The summed E-state index contributed by atoms with van der Waals surface area (Å²) in [5, 5.41) is 11.6. The first-order valence-corrected chi connectivity index (χ1v) is 5.00. The number of rotatable bonds is 1. The number of fused-ring (bicyclic) bond motifs is 1. The van der Waals surface area contributed by atoms with Crippen LogP contribution in [-0.2, 0) is 0 Å². The minimum atomic E-state index is -0.586. The van der Waals surface area contributed by atoms with Gasteiger partial charge in [0.1, 0.15) is 5.15 Å². The lowest BCUT2D eigenvalue weighted by molar-refractivity contribution is 0.201. The molecule has 0 radical (unpaired) electrons. The lowest BCUT2D eigenvalue weighted by Gasteiger charge is -2.02. The molecule has 0 aliphatic carbocycles. The van der Waals surface area contributed by atoms with Crippen molar-refractivity contribution in [3.8, 4) is 0 Å². The number of nitrogens with one attached hydrogen (secondary N) is 1. The number of aliphatic hydroxyl groups is 1. The zero-order chi connectivity index (χ0) is 10.3. The van der Waals surface area contributed by atoms with Gasteiger partial charge in [0.25, 0.3) is 0 Å². The molecule has 0 saturated heterocycles. The van der Waals surface area contributed by atoms with Crippen LogP contribution in [0.2, 0.25) is 10.2 Å². The predicted molar refractivity (Wildman–Crippen MR) is 59.0 cm³/mol. The molecule has 74 valence electrons. The van der Waals surface area contributed by atoms with Crippen LogP contribution in [-0.4, -0.2) is 10.1 Å². The summed E-state index contributed by atoms with van der Waals surface area (Å²) in [4.78, 5) is 2.97. The second kappa shape index (κ2) is 3.46. The predicted octanol–water partition coefficient (Wildman–Crippen LogP) is 3.53. The van der Waals surface area contributed by atoms with Gasteiger partial charge < -0.3 is 10.1 Å². The van der Waals surface area contributed by atoms with Gasteiger partial charge in [-0.3, -0.25) is 0 Å². The lowest BCUT2D eigenvalue weighted by atomic mass is 10.1. The molecule has 1 atom stereocenters. The molecule has 4 heteroatoms. The molecular formula is C10H9Cl2NO. The third-order valence-corrected chi connectivity index (χ3v) is 2.70. The maximum absolute atomic E-state index is 9.52. The molecule has 0 amide bonds. The van der Waals surface area contributed by atoms with Crippen molar-refractivity contribution in [3.05, 3.63) is 33.9 Å². The lowest BCUT2D eigenvalue weighted by Crippen LogP contribution is -1.89. The Kier molecular flexibility index (Phi) is 2.43. The molecule has 0 fully saturated rings. The summed E-state index contributed by atoms with van der Waals surface area (Å²) in [6, 6.07) is 5.41. The van der Waals surface area contributed by atoms with Gasteiger partial charge in [0.2, 0.25) is 0 Å². The van der Waals surface area contributed by atoms with Crippen molar-refractivity contribution < 1.29 is 5.11 Å². The Morgan fingerprint density at radius 3 is 2.71 bits per heavy atom. The molecule has 2 rings (SSSR count). The first kappa shape index (κ1) is 9.84. The van der Waals surface area contributed by atoms with Crippen molar-refractivity contribution in [1.82, 2.24) is 4.98 Å². The maximum atomic E-state index is 9.52. The average Bonchev–Trinajstić information content (AvgIpc) is 2.39. The summed E-state index contributed by atoms with van der Waals surface area (Å²) < 4.78 is 0. The van der Waals surface area contributed by atoms with Gasteiger partial charge in [-0.15, -0.1) is 0 Å². The van der Waals surface area contributed by atoms with Crippen LogP contribution in [0.15, 0.2) is 18.2 Å². The van der Waals surface area contributed by atoms with Crippen LogP contribution >= 0.6 is 23.2 Å². The first-order valence-electron chi connectivity index (χ1n) is 4.24. The number of hydrogen-bond donors (Lipinski definition) is 2. The average molecular weight is 230 g/mol. The first-order chi connectivity index (χ1) is 6.59. The molecule has 1 heterocycles. The van der Waals surface area contributed by atoms with E-state index < -0.39 is 6.10 Å². The molecule has 1 aromatic heterocycles. The SMILES string of the molecule is CC(O)c1c(Cl)[nH]c2cc(Cl)ccc12. The Hall–Kier alpha value is -0.700. The van der Waals surface area contributed by atoms with Crippen molar-refractivity contribution in [1.29, 1.82) is 0 Å². The molecular weight excluding hydrogens is 221 g/mol. The standard InChI is InChI=1S/C10H9Cl2NO/c1-5(14)9-7-3-2-6(11)4-8(7)13-10(9)12/h2-5,13-14H,1H3. The second-order valence-corrected chi connectivity index (χ2v) is 4.03. The van der Waals surface area contributed by atoms with Gasteiger partial charge in [-0.25, -0.2) is 0 Å². The summed E-state index contributed by atoms with van der Waals surface area (Å²) in [6.07, 6.45) is -0.586. The van der Waals surface area contributed by atoms with Gasteiger partial charge in [0.15, 0.2) is 0 Å². The van der Waals surface area contributed by atoms with Crippen LogP contribution in [0.3, 0.4) is 0 Å². The summed E-state index contributed by atoms with van der Waals surface area (Å²) in [6.45, 7) is 1.68. The Morgan fingerprint density at radius 1 is 1.36 bits per heavy atom. The van der Waals surface area contributed by atoms with Crippen molar-refractivity contribution in [2.24, 2.45) is 0 Å². The number of aromatic nitrogens is 1. The summed E-state index contributed by atoms with van der Waals surface area (Å²) in [5.74, 6) is 0. The molecule has 14 heavy (non-hydrogen) atoms. The van der Waals surface area contributed by atoms with Gasteiger partial charge in [-0.1, -0.05) is 29.3 Å². The van der Waals surface area contributed by atoms with Crippen LogP contribution in [0, 0.1) is 0 Å². The highest BCUT2D eigenvalue weighted by atomic mass is 35.5. The number of halogens is 2. The van der Waals surface area contributed by atoms with E-state index >= 15 is 0 Å². The van der Waals surface area contributed by atoms with Gasteiger partial charge in [0, 0.05) is 21.5 Å². The normalized spacial score (nSPS) is 13.4. The quantitative estimate of drug-likeness (QED) is 0.772. The van der Waals surface area contributed by atoms with Crippen molar-refractivity contribution in [2.75, 3.05) is 0 Å². The van der Waals surface area contributed by atoms with E-state index in [1.807, 2.05) is 6.07 Å². The van der Waals surface area contributed by atoms with Gasteiger partial charge in [-0.05, 0) is 19.1 Å². The molecule has 1 unspecified atom stereocenters. The number of hydrogen-bond acceptors (Lipinski definition) is 1. The number of aromatic amines is 1. The number of benzene rings is 1. The summed E-state index contributed by atoms with van der Waals surface area (Å²) in [5.41, 5.74) is 1.57. The Balaban J connectivity index is 2.77. The highest BCUT2D eigenvalue weighted by Gasteiger charge is 2.13. The van der Waals surface area contributed by atoms with E-state index in [9.17, 15) is 5.11 Å². The third-order valence-electron chi connectivity index (χ3n) is 2.17. The fraction of sp³-hybridized carbons (Fsp3) is 0.200. The van der Waals surface area contributed by atoms with Crippen molar-refractivity contribution in [3.63, 3.8) is 0 Å². The minimum Gasteiger partial charge on any atom is -0.389 e. The van der Waals surface area contributed by atoms with Gasteiger partial charge in [0.05, 0.1) is 6.10 Å². The molecule has 0 spiro atoms. The Morgan fingerprint density at radius 2 is 2.07 bits per heavy atom. The van der Waals surface area contributed by atoms with Gasteiger partial charge in [-0.2, -0.15) is 0 Å². The van der Waals surface area contributed by atoms with Crippen LogP contribution in [0.1, 0.15) is 18.6 Å². The van der Waals surface area contributed by atoms with Crippen LogP contribution < -0.4 is 0 Å². The van der Waals surface area contributed by atoms with E-state index in [2.05, 4.69) is 4.98 Å². The third kappa shape index (κ3) is 1.50. The van der Waals surface area contributed by atoms with E-state index in [1.165, 1.54) is 0 Å². The molecule has 0 saturated carbocycles. The van der Waals surface area contributed by atoms with Crippen LogP contribution in [0.5, 0.6) is 0 Å². The van der Waals surface area contributed by atoms with Crippen LogP contribution in [0.25, 0.3) is 10.9 Å². The minimum absolute atomic E-state index is 0.470. The molecule has 2 N–H and O–H groups in total. The second-order valence-electron chi connectivity index (χ2n) is 3.22. The van der Waals surface area contributed by atoms with E-state index in [4.69, 9.17) is 23.2 Å². The van der Waals surface area contributed by atoms with Crippen molar-refractivity contribution >= 4 is 34.1 Å². The van der Waals surface area contributed by atoms with Crippen molar-refractivity contribution in [2.45, 2.75) is 13.0 Å². The maximum Gasteiger partial charge on any atom is 0.113 e. The molecule has 2 aromatic rings. The zero-order valence-electron chi connectivity index (χ0n) is 7.51. The summed E-state index contributed by atoms with van der Waals surface area (Å²) >= 11 is 11.8. The Labute approximate surface area is 91.5 Å². The topological polar surface area (TPSA) is 36.0 Å². The van der Waals surface area contributed by atoms with E-state index in [0.29, 0.717) is 10.2 Å². The largest absolute Gasteiger partial charge is 0.389 e. The van der Waals surface area contributed by atoms with Gasteiger partial charge >= 0.3 is 0 Å². The monoisotopic (exact) mass is 229 g/mol. The molecule has 0 bridgehead atoms. The molecule has 0 aliphatic rings. The Bertz CT molecular complexity index is 476. The van der Waals surface area contributed by atoms with E-state index in [0.717, 1.165) is 16.5 Å². The number of aliphatic hydroxyl groups excluding tert-OH is 1. The molecule has 1 aromatic carbocycles. The van der Waals surface area contributed by atoms with E-state index in [1.54, 1.807) is 19.1 Å². The fourth-order valence-electron chi connectivity index (χ4n) is 1.57. The highest BCUT2D eigenvalue weighted by molar-refractivity contribution is 6.33.